The summed E-state index contributed by atoms with van der Waals surface area (Å²) in [5, 5.41) is 16.2. The third kappa shape index (κ3) is 1.83. The van der Waals surface area contributed by atoms with Crippen LogP contribution in [0.25, 0.3) is 21.8 Å². The largest absolute Gasteiger partial charge is 0.387 e. The molecule has 0 saturated carbocycles. The van der Waals surface area contributed by atoms with E-state index >= 15 is 0 Å². The lowest BCUT2D eigenvalue weighted by Crippen LogP contribution is -1.95. The Bertz CT molecular complexity index is 849. The number of nitrogens with one attached hydrogen (secondary N) is 1. The average Bonchev–Trinajstić information content (AvgIpc) is 2.45. The second-order valence-corrected chi connectivity index (χ2v) is 4.74. The van der Waals surface area contributed by atoms with Gasteiger partial charge in [-0.05, 0) is 12.1 Å². The number of hydrogen-bond acceptors (Lipinski definition) is 4. The zero-order valence-corrected chi connectivity index (χ0v) is 11.3. The lowest BCUT2D eigenvalue weighted by Gasteiger charge is -2.10. The minimum atomic E-state index is -0.434. The van der Waals surface area contributed by atoms with E-state index in [2.05, 4.69) is 10.3 Å². The highest BCUT2D eigenvalue weighted by atomic mass is 35.5. The van der Waals surface area contributed by atoms with Crippen LogP contribution in [-0.2, 0) is 0 Å². The Morgan fingerprint density at radius 3 is 2.75 bits per heavy atom. The molecule has 6 heteroatoms. The summed E-state index contributed by atoms with van der Waals surface area (Å²) >= 11 is 6.16. The van der Waals surface area contributed by atoms with Crippen molar-refractivity contribution in [2.75, 3.05) is 12.4 Å². The second-order valence-electron chi connectivity index (χ2n) is 4.33. The van der Waals surface area contributed by atoms with E-state index < -0.39 is 4.92 Å². The molecule has 0 aliphatic heterocycles. The van der Waals surface area contributed by atoms with Gasteiger partial charge in [-0.25, -0.2) is 4.98 Å². The number of nitrogens with zero attached hydrogens (tertiary/aromatic N) is 2. The van der Waals surface area contributed by atoms with Crippen molar-refractivity contribution in [1.82, 2.24) is 4.98 Å². The maximum absolute atomic E-state index is 10.9. The Morgan fingerprint density at radius 1 is 1.25 bits per heavy atom. The molecule has 0 saturated heterocycles. The van der Waals surface area contributed by atoms with Gasteiger partial charge in [-0.15, -0.1) is 0 Å². The van der Waals surface area contributed by atoms with Gasteiger partial charge in [0.2, 0.25) is 0 Å². The molecule has 1 heterocycles. The van der Waals surface area contributed by atoms with E-state index in [1.165, 1.54) is 12.1 Å². The van der Waals surface area contributed by atoms with E-state index in [0.29, 0.717) is 16.1 Å². The van der Waals surface area contributed by atoms with Crippen molar-refractivity contribution < 1.29 is 4.92 Å². The first kappa shape index (κ1) is 12.6. The molecule has 0 aliphatic carbocycles. The van der Waals surface area contributed by atoms with Crippen LogP contribution in [0.15, 0.2) is 36.4 Å². The van der Waals surface area contributed by atoms with Crippen molar-refractivity contribution in [3.63, 3.8) is 0 Å². The van der Waals surface area contributed by atoms with Crippen LogP contribution < -0.4 is 5.32 Å². The molecule has 3 rings (SSSR count). The van der Waals surface area contributed by atoms with Crippen LogP contribution in [0.4, 0.5) is 11.4 Å². The van der Waals surface area contributed by atoms with E-state index in [1.54, 1.807) is 19.2 Å². The summed E-state index contributed by atoms with van der Waals surface area (Å²) < 4.78 is 0. The number of pyridine rings is 1. The highest BCUT2D eigenvalue weighted by Gasteiger charge is 2.13. The quantitative estimate of drug-likeness (QED) is 0.439. The number of nitro groups is 1. The topological polar surface area (TPSA) is 68.1 Å². The van der Waals surface area contributed by atoms with Crippen molar-refractivity contribution in [3.05, 3.63) is 51.5 Å². The zero-order valence-electron chi connectivity index (χ0n) is 10.6. The fraction of sp³-hybridized carbons (Fsp3) is 0.0714. The van der Waals surface area contributed by atoms with Crippen molar-refractivity contribution in [1.29, 1.82) is 0 Å². The number of non-ortho nitro benzene ring substituents is 1. The van der Waals surface area contributed by atoms with Crippen LogP contribution >= 0.6 is 11.6 Å². The SMILES string of the molecule is CNc1c2ccc([N+](=O)[O-])cc2nc2c(Cl)cccc12. The number of hydrogen-bond donors (Lipinski definition) is 1. The smallest absolute Gasteiger partial charge is 0.271 e. The van der Waals surface area contributed by atoms with Crippen molar-refractivity contribution in [3.8, 4) is 0 Å². The van der Waals surface area contributed by atoms with Gasteiger partial charge < -0.3 is 5.32 Å². The number of nitro benzene ring substituents is 1. The van der Waals surface area contributed by atoms with Crippen molar-refractivity contribution in [2.45, 2.75) is 0 Å². The number of halogens is 1. The Balaban J connectivity index is 2.48. The molecule has 20 heavy (non-hydrogen) atoms. The standard InChI is InChI=1S/C14H10ClN3O2/c1-16-13-9-6-5-8(18(19)20)7-12(9)17-14-10(13)3-2-4-11(14)15/h2-7H,1H3,(H,16,17). The third-order valence-electron chi connectivity index (χ3n) is 3.20. The first-order valence-corrected chi connectivity index (χ1v) is 6.33. The highest BCUT2D eigenvalue weighted by molar-refractivity contribution is 6.35. The van der Waals surface area contributed by atoms with E-state index in [1.807, 2.05) is 12.1 Å². The van der Waals surface area contributed by atoms with Gasteiger partial charge in [0, 0.05) is 30.0 Å². The summed E-state index contributed by atoms with van der Waals surface area (Å²) in [6.45, 7) is 0. The van der Waals surface area contributed by atoms with E-state index in [0.717, 1.165) is 16.5 Å². The van der Waals surface area contributed by atoms with Crippen LogP contribution in [0, 0.1) is 10.1 Å². The van der Waals surface area contributed by atoms with Gasteiger partial charge in [0.1, 0.15) is 0 Å². The third-order valence-corrected chi connectivity index (χ3v) is 3.50. The van der Waals surface area contributed by atoms with Crippen LogP contribution in [0.3, 0.4) is 0 Å². The lowest BCUT2D eigenvalue weighted by atomic mass is 10.1. The first-order valence-electron chi connectivity index (χ1n) is 5.96. The van der Waals surface area contributed by atoms with Crippen molar-refractivity contribution >= 4 is 44.8 Å². The minimum absolute atomic E-state index is 0.0125. The Labute approximate surface area is 119 Å². The Hall–Kier alpha value is -2.40. The van der Waals surface area contributed by atoms with Crippen LogP contribution in [0.5, 0.6) is 0 Å². The summed E-state index contributed by atoms with van der Waals surface area (Å²) in [6, 6.07) is 10.2. The fourth-order valence-corrected chi connectivity index (χ4v) is 2.52. The summed E-state index contributed by atoms with van der Waals surface area (Å²) in [6.07, 6.45) is 0. The minimum Gasteiger partial charge on any atom is -0.387 e. The number of para-hydroxylation sites is 1. The molecule has 5 nitrogen and oxygen atoms in total. The maximum atomic E-state index is 10.9. The molecule has 1 aromatic heterocycles. The molecular weight excluding hydrogens is 278 g/mol. The maximum Gasteiger partial charge on any atom is 0.271 e. The molecule has 0 unspecified atom stereocenters. The highest BCUT2D eigenvalue weighted by Crippen LogP contribution is 2.34. The molecule has 2 aromatic carbocycles. The molecular formula is C14H10ClN3O2. The molecule has 3 aromatic rings. The number of benzene rings is 2. The number of fused-ring (bicyclic) bond motifs is 2. The van der Waals surface area contributed by atoms with Gasteiger partial charge in [0.05, 0.1) is 26.7 Å². The molecule has 0 aliphatic rings. The number of rotatable bonds is 2. The summed E-state index contributed by atoms with van der Waals surface area (Å²) in [4.78, 5) is 14.9. The molecule has 0 atom stereocenters. The molecule has 0 fully saturated rings. The molecule has 0 amide bonds. The second kappa shape index (κ2) is 4.61. The predicted octanol–water partition coefficient (Wildman–Crippen LogP) is 3.99. The fourth-order valence-electron chi connectivity index (χ4n) is 2.30. The summed E-state index contributed by atoms with van der Waals surface area (Å²) in [7, 11) is 1.80. The first-order chi connectivity index (χ1) is 9.61. The van der Waals surface area contributed by atoms with Crippen molar-refractivity contribution in [2.24, 2.45) is 0 Å². The molecule has 1 N–H and O–H groups in total. The van der Waals surface area contributed by atoms with Gasteiger partial charge >= 0.3 is 0 Å². The summed E-state index contributed by atoms with van der Waals surface area (Å²) in [5.41, 5.74) is 2.05. The van der Waals surface area contributed by atoms with E-state index in [9.17, 15) is 10.1 Å². The van der Waals surface area contributed by atoms with Crippen LogP contribution in [0.2, 0.25) is 5.02 Å². The molecule has 0 bridgehead atoms. The van der Waals surface area contributed by atoms with Gasteiger partial charge in [-0.2, -0.15) is 0 Å². The molecule has 0 radical (unpaired) electrons. The van der Waals surface area contributed by atoms with Gasteiger partial charge in [0.25, 0.3) is 5.69 Å². The van der Waals surface area contributed by atoms with Crippen LogP contribution in [-0.4, -0.2) is 17.0 Å². The number of anilines is 1. The van der Waals surface area contributed by atoms with Gasteiger partial charge in [0.15, 0.2) is 0 Å². The van der Waals surface area contributed by atoms with E-state index in [-0.39, 0.29) is 5.69 Å². The molecule has 100 valence electrons. The monoisotopic (exact) mass is 287 g/mol. The van der Waals surface area contributed by atoms with E-state index in [4.69, 9.17) is 11.6 Å². The lowest BCUT2D eigenvalue weighted by molar-refractivity contribution is -0.384. The van der Waals surface area contributed by atoms with Gasteiger partial charge in [-0.3, -0.25) is 10.1 Å². The van der Waals surface area contributed by atoms with Crippen LogP contribution in [0.1, 0.15) is 0 Å². The Kier molecular flexibility index (Phi) is 2.91. The number of aromatic nitrogens is 1. The van der Waals surface area contributed by atoms with Gasteiger partial charge in [-0.1, -0.05) is 23.7 Å². The average molecular weight is 288 g/mol. The summed E-state index contributed by atoms with van der Waals surface area (Å²) in [5.74, 6) is 0. The Morgan fingerprint density at radius 2 is 2.05 bits per heavy atom. The molecule has 0 spiro atoms. The normalized spacial score (nSPS) is 10.9. The predicted molar refractivity (Wildman–Crippen MR) is 80.5 cm³/mol. The zero-order chi connectivity index (χ0) is 14.3.